The number of rotatable bonds is 6. The fourth-order valence-electron chi connectivity index (χ4n) is 4.02. The number of carbonyl (C=O) groups excluding carboxylic acids is 2. The molecule has 1 aliphatic heterocycles. The molecule has 4 rings (SSSR count). The van der Waals surface area contributed by atoms with Crippen molar-refractivity contribution < 1.29 is 22.4 Å². The van der Waals surface area contributed by atoms with E-state index in [1.165, 1.54) is 4.90 Å². The van der Waals surface area contributed by atoms with Crippen LogP contribution in [0.15, 0.2) is 63.9 Å². The second-order valence-electron chi connectivity index (χ2n) is 8.03. The third kappa shape index (κ3) is 5.62. The highest BCUT2D eigenvalue weighted by atomic mass is 32.2. The highest BCUT2D eigenvalue weighted by Crippen LogP contribution is 2.36. The van der Waals surface area contributed by atoms with Gasteiger partial charge in [0.25, 0.3) is 10.0 Å². The minimum atomic E-state index is -4.15. The van der Waals surface area contributed by atoms with Crippen LogP contribution in [0.5, 0.6) is 0 Å². The smallest absolute Gasteiger partial charge is 0.284 e. The molecule has 1 unspecified atom stereocenters. The normalized spacial score (nSPS) is 20.9. The van der Waals surface area contributed by atoms with E-state index >= 15 is 0 Å². The number of hydrogen-bond donors (Lipinski definition) is 1. The van der Waals surface area contributed by atoms with Gasteiger partial charge in [-0.2, -0.15) is 8.42 Å². The molecule has 33 heavy (non-hydrogen) atoms. The molecule has 1 aliphatic carbocycles. The Morgan fingerprint density at radius 1 is 1.06 bits per heavy atom. The average Bonchev–Trinajstić information content (AvgIpc) is 3.09. The first-order valence-corrected chi connectivity index (χ1v) is 13.1. The van der Waals surface area contributed by atoms with Gasteiger partial charge < -0.3 is 5.32 Å². The number of hydrogen-bond acceptors (Lipinski definition) is 5. The van der Waals surface area contributed by atoms with Gasteiger partial charge in [-0.15, -0.1) is 4.40 Å². The number of benzene rings is 2. The summed E-state index contributed by atoms with van der Waals surface area (Å²) in [6, 6.07) is 13.2. The Bertz CT molecular complexity index is 1150. The quantitative estimate of drug-likeness (QED) is 0.657. The second kappa shape index (κ2) is 10.0. The zero-order valence-electron chi connectivity index (χ0n) is 17.8. The molecule has 1 N–H and O–H groups in total. The standard InChI is InChI=1S/C23H24FN3O4S2/c24-16-11-13-19(14-12-16)33(30,31)26-23-27(18-9-5-2-6-10-18)22(29)20(32-23)15-21(28)25-17-7-3-1-4-8-17/h1,3-4,7-8,11-14,18,20H,2,5-6,9-10,15H2,(H,25,28). The van der Waals surface area contributed by atoms with Crippen LogP contribution in [-0.4, -0.2) is 41.6 Å². The maximum atomic E-state index is 13.3. The maximum Gasteiger partial charge on any atom is 0.284 e. The lowest BCUT2D eigenvalue weighted by molar-refractivity contribution is -0.130. The van der Waals surface area contributed by atoms with E-state index in [1.807, 2.05) is 6.07 Å². The lowest BCUT2D eigenvalue weighted by Gasteiger charge is -2.30. The van der Waals surface area contributed by atoms with E-state index in [-0.39, 0.29) is 34.3 Å². The minimum Gasteiger partial charge on any atom is -0.326 e. The summed E-state index contributed by atoms with van der Waals surface area (Å²) in [6.45, 7) is 0. The van der Waals surface area contributed by atoms with Crippen LogP contribution in [-0.2, 0) is 19.6 Å². The molecule has 0 bridgehead atoms. The third-order valence-corrected chi connectivity index (χ3v) is 8.19. The second-order valence-corrected chi connectivity index (χ2v) is 10.8. The van der Waals surface area contributed by atoms with E-state index in [9.17, 15) is 22.4 Å². The van der Waals surface area contributed by atoms with E-state index in [0.717, 1.165) is 68.1 Å². The molecule has 2 amide bonds. The first-order valence-electron chi connectivity index (χ1n) is 10.8. The first kappa shape index (κ1) is 23.4. The van der Waals surface area contributed by atoms with Gasteiger partial charge in [-0.1, -0.05) is 49.2 Å². The third-order valence-electron chi connectivity index (χ3n) is 5.64. The molecule has 7 nitrogen and oxygen atoms in total. The van der Waals surface area contributed by atoms with Gasteiger partial charge in [-0.05, 0) is 49.2 Å². The summed E-state index contributed by atoms with van der Waals surface area (Å²) < 4.78 is 42.9. The fraction of sp³-hybridized carbons (Fsp3) is 0.348. The molecule has 0 spiro atoms. The largest absolute Gasteiger partial charge is 0.326 e. The number of amidine groups is 1. The predicted octanol–water partition coefficient (Wildman–Crippen LogP) is 4.18. The Hall–Kier alpha value is -2.72. The number of halogens is 1. The average molecular weight is 490 g/mol. The van der Waals surface area contributed by atoms with Crippen LogP contribution in [0.3, 0.4) is 0 Å². The van der Waals surface area contributed by atoms with Gasteiger partial charge >= 0.3 is 0 Å². The van der Waals surface area contributed by atoms with Gasteiger partial charge in [-0.3, -0.25) is 14.5 Å². The topological polar surface area (TPSA) is 95.9 Å². The van der Waals surface area contributed by atoms with Gasteiger partial charge in [0.1, 0.15) is 11.1 Å². The summed E-state index contributed by atoms with van der Waals surface area (Å²) in [5, 5.41) is 2.07. The van der Waals surface area contributed by atoms with E-state index in [2.05, 4.69) is 9.71 Å². The van der Waals surface area contributed by atoms with Crippen molar-refractivity contribution in [3.8, 4) is 0 Å². The molecule has 174 valence electrons. The highest BCUT2D eigenvalue weighted by Gasteiger charge is 2.43. The Balaban J connectivity index is 1.58. The number of thioether (sulfide) groups is 1. The first-order chi connectivity index (χ1) is 15.8. The maximum absolute atomic E-state index is 13.3. The van der Waals surface area contributed by atoms with Crippen LogP contribution in [0.4, 0.5) is 10.1 Å². The van der Waals surface area contributed by atoms with Crippen LogP contribution in [0.1, 0.15) is 38.5 Å². The Morgan fingerprint density at radius 2 is 1.73 bits per heavy atom. The molecule has 1 saturated heterocycles. The molecule has 2 fully saturated rings. The molecule has 1 heterocycles. The van der Waals surface area contributed by atoms with E-state index in [1.54, 1.807) is 24.3 Å². The van der Waals surface area contributed by atoms with E-state index in [0.29, 0.717) is 5.69 Å². The summed E-state index contributed by atoms with van der Waals surface area (Å²) in [6.07, 6.45) is 4.36. The van der Waals surface area contributed by atoms with Crippen molar-refractivity contribution in [2.75, 3.05) is 5.32 Å². The SMILES string of the molecule is O=C(CC1SC(=NS(=O)(=O)c2ccc(F)cc2)N(C2CCCCC2)C1=O)Nc1ccccc1. The van der Waals surface area contributed by atoms with E-state index in [4.69, 9.17) is 0 Å². The molecule has 1 saturated carbocycles. The minimum absolute atomic E-state index is 0.0775. The summed E-state index contributed by atoms with van der Waals surface area (Å²) in [4.78, 5) is 27.1. The summed E-state index contributed by atoms with van der Waals surface area (Å²) >= 11 is 0.996. The van der Waals surface area contributed by atoms with Crippen LogP contribution in [0.25, 0.3) is 0 Å². The molecule has 2 aromatic carbocycles. The summed E-state index contributed by atoms with van der Waals surface area (Å²) in [5.74, 6) is -1.19. The highest BCUT2D eigenvalue weighted by molar-refractivity contribution is 8.16. The van der Waals surface area contributed by atoms with Crippen molar-refractivity contribution in [2.24, 2.45) is 4.40 Å². The van der Waals surface area contributed by atoms with Crippen molar-refractivity contribution in [3.63, 3.8) is 0 Å². The molecule has 2 aromatic rings. The number of sulfonamides is 1. The zero-order chi connectivity index (χ0) is 23.4. The fourth-order valence-corrected chi connectivity index (χ4v) is 6.42. The monoisotopic (exact) mass is 489 g/mol. The number of nitrogens with one attached hydrogen (secondary N) is 1. The number of nitrogens with zero attached hydrogens (tertiary/aromatic N) is 2. The summed E-state index contributed by atoms with van der Waals surface area (Å²) in [5.41, 5.74) is 0.620. The van der Waals surface area contributed by atoms with E-state index < -0.39 is 21.1 Å². The molecular weight excluding hydrogens is 465 g/mol. The van der Waals surface area contributed by atoms with Crippen LogP contribution >= 0.6 is 11.8 Å². The van der Waals surface area contributed by atoms with Gasteiger partial charge in [0.2, 0.25) is 11.8 Å². The lowest BCUT2D eigenvalue weighted by Crippen LogP contribution is -2.42. The molecule has 2 aliphatic rings. The molecule has 1 atom stereocenters. The van der Waals surface area contributed by atoms with Crippen LogP contribution in [0.2, 0.25) is 0 Å². The zero-order valence-corrected chi connectivity index (χ0v) is 19.4. The predicted molar refractivity (Wildman–Crippen MR) is 126 cm³/mol. The lowest BCUT2D eigenvalue weighted by atomic mass is 9.94. The van der Waals surface area contributed by atoms with Crippen molar-refractivity contribution in [1.29, 1.82) is 0 Å². The molecular formula is C23H24FN3O4S2. The van der Waals surface area contributed by atoms with Crippen molar-refractivity contribution in [3.05, 3.63) is 60.4 Å². The Morgan fingerprint density at radius 3 is 2.39 bits per heavy atom. The number of amides is 2. The Kier molecular flexibility index (Phi) is 7.14. The van der Waals surface area contributed by atoms with Crippen LogP contribution in [0, 0.1) is 5.82 Å². The van der Waals surface area contributed by atoms with Gasteiger partial charge in [0.05, 0.1) is 4.90 Å². The van der Waals surface area contributed by atoms with Gasteiger partial charge in [0.15, 0.2) is 5.17 Å². The van der Waals surface area contributed by atoms with Crippen molar-refractivity contribution in [1.82, 2.24) is 4.90 Å². The number of para-hydroxylation sites is 1. The van der Waals surface area contributed by atoms with Crippen LogP contribution < -0.4 is 5.32 Å². The number of anilines is 1. The van der Waals surface area contributed by atoms with Gasteiger partial charge in [-0.25, -0.2) is 4.39 Å². The number of carbonyl (C=O) groups is 2. The van der Waals surface area contributed by atoms with Crippen molar-refractivity contribution in [2.45, 2.75) is 54.7 Å². The Labute approximate surface area is 196 Å². The molecule has 0 radical (unpaired) electrons. The summed E-state index contributed by atoms with van der Waals surface area (Å²) in [7, 11) is -4.15. The van der Waals surface area contributed by atoms with Crippen molar-refractivity contribution >= 4 is 44.5 Å². The molecule has 0 aromatic heterocycles. The van der Waals surface area contributed by atoms with Gasteiger partial charge in [0, 0.05) is 18.2 Å². The molecule has 10 heteroatoms.